The molecular weight excluding hydrogens is 501 g/mol. The lowest BCUT2D eigenvalue weighted by atomic mass is 9.86. The quantitative estimate of drug-likeness (QED) is 0.340. The molecule has 0 atom stereocenters. The highest BCUT2D eigenvalue weighted by Crippen LogP contribution is 2.36. The third-order valence-electron chi connectivity index (χ3n) is 7.30. The number of nitrogens with one attached hydrogen (secondary N) is 1. The van der Waals surface area contributed by atoms with Gasteiger partial charge in [0, 0.05) is 29.9 Å². The minimum atomic E-state index is -4.53. The highest BCUT2D eigenvalue weighted by molar-refractivity contribution is 7.18. The van der Waals surface area contributed by atoms with Crippen molar-refractivity contribution in [3.05, 3.63) is 34.5 Å². The number of H-pyrrole nitrogens is 1. The highest BCUT2D eigenvalue weighted by atomic mass is 32.1. The highest BCUT2D eigenvalue weighted by Gasteiger charge is 2.39. The lowest BCUT2D eigenvalue weighted by molar-refractivity contribution is -0.147. The summed E-state index contributed by atoms with van der Waals surface area (Å²) < 4.78 is 41.2. The SMILES string of the molecule is CCCc1cc2c(N3CCn4c(nnc4C(F)(F)F)C3)nc(-c3ncc(CC4CCCCC4)[nH]3)nc2s1. The molecule has 4 aromatic rings. The van der Waals surface area contributed by atoms with Gasteiger partial charge in [-0.1, -0.05) is 45.4 Å². The van der Waals surface area contributed by atoms with Crippen molar-refractivity contribution in [3.8, 4) is 11.6 Å². The molecule has 0 aromatic carbocycles. The minimum absolute atomic E-state index is 0.135. The number of aromatic nitrogens is 7. The van der Waals surface area contributed by atoms with Crippen LogP contribution < -0.4 is 4.90 Å². The molecule has 0 spiro atoms. The van der Waals surface area contributed by atoms with Crippen LogP contribution in [0.25, 0.3) is 21.9 Å². The average molecular weight is 531 g/mol. The van der Waals surface area contributed by atoms with Gasteiger partial charge in [0.15, 0.2) is 17.5 Å². The molecule has 1 N–H and O–H groups in total. The van der Waals surface area contributed by atoms with E-state index in [1.807, 2.05) is 11.1 Å². The summed E-state index contributed by atoms with van der Waals surface area (Å²) in [5.74, 6) is 1.85. The maximum Gasteiger partial charge on any atom is 0.451 e. The summed E-state index contributed by atoms with van der Waals surface area (Å²) in [5, 5.41) is 8.18. The fourth-order valence-corrected chi connectivity index (χ4v) is 6.62. The second-order valence-corrected chi connectivity index (χ2v) is 11.1. The Hall–Kier alpha value is -3.02. The Balaban J connectivity index is 1.34. The van der Waals surface area contributed by atoms with E-state index >= 15 is 0 Å². The fraction of sp³-hybridized carbons (Fsp3) is 0.560. The fourth-order valence-electron chi connectivity index (χ4n) is 5.50. The summed E-state index contributed by atoms with van der Waals surface area (Å²) in [5.41, 5.74) is 1.09. The van der Waals surface area contributed by atoms with E-state index in [2.05, 4.69) is 33.2 Å². The van der Waals surface area contributed by atoms with Gasteiger partial charge in [-0.3, -0.25) is 0 Å². The number of aromatic amines is 1. The van der Waals surface area contributed by atoms with Crippen LogP contribution in [0.3, 0.4) is 0 Å². The van der Waals surface area contributed by atoms with Crippen molar-refractivity contribution in [1.82, 2.24) is 34.7 Å². The van der Waals surface area contributed by atoms with E-state index in [0.29, 0.717) is 29.9 Å². The van der Waals surface area contributed by atoms with E-state index < -0.39 is 12.0 Å². The molecule has 8 nitrogen and oxygen atoms in total. The second kappa shape index (κ2) is 9.70. The van der Waals surface area contributed by atoms with Gasteiger partial charge in [-0.15, -0.1) is 21.5 Å². The molecule has 12 heteroatoms. The Morgan fingerprint density at radius 2 is 1.95 bits per heavy atom. The number of imidazole rings is 1. The third kappa shape index (κ3) is 4.83. The molecular formula is C25H29F3N8S. The molecule has 0 bridgehead atoms. The van der Waals surface area contributed by atoms with Crippen molar-refractivity contribution in [3.63, 3.8) is 0 Å². The van der Waals surface area contributed by atoms with E-state index in [-0.39, 0.29) is 18.9 Å². The first-order valence-electron chi connectivity index (χ1n) is 13.0. The molecule has 1 aliphatic carbocycles. The molecule has 0 radical (unpaired) electrons. The number of aryl methyl sites for hydroxylation is 1. The molecule has 6 rings (SSSR count). The standard InChI is InChI=1S/C25H29F3N8S/c1-2-6-17-12-18-22(35-9-10-36-19(14-35)33-34-24(36)25(26,27)28)31-21(32-23(18)37-17)20-29-13-16(30-20)11-15-7-4-3-5-8-15/h12-13,15H,2-11,14H2,1H3,(H,29,30). The number of nitrogens with zero attached hydrogens (tertiary/aromatic N) is 7. The van der Waals surface area contributed by atoms with E-state index in [1.54, 1.807) is 11.3 Å². The first kappa shape index (κ1) is 24.3. The first-order valence-corrected chi connectivity index (χ1v) is 13.8. The zero-order chi connectivity index (χ0) is 25.6. The molecule has 5 heterocycles. The van der Waals surface area contributed by atoms with Gasteiger partial charge in [-0.05, 0) is 24.8 Å². The summed E-state index contributed by atoms with van der Waals surface area (Å²) in [6.07, 6.45) is 6.71. The van der Waals surface area contributed by atoms with Crippen LogP contribution in [0.15, 0.2) is 12.3 Å². The molecule has 37 heavy (non-hydrogen) atoms. The molecule has 0 saturated heterocycles. The van der Waals surface area contributed by atoms with Gasteiger partial charge in [0.05, 0.1) is 11.9 Å². The zero-order valence-corrected chi connectivity index (χ0v) is 21.5. The zero-order valence-electron chi connectivity index (χ0n) is 20.7. The van der Waals surface area contributed by atoms with Crippen LogP contribution in [0.2, 0.25) is 0 Å². The summed E-state index contributed by atoms with van der Waals surface area (Å²) in [6, 6.07) is 2.11. The van der Waals surface area contributed by atoms with Crippen molar-refractivity contribution in [2.45, 2.75) is 77.6 Å². The monoisotopic (exact) mass is 530 g/mol. The van der Waals surface area contributed by atoms with E-state index in [9.17, 15) is 13.2 Å². The van der Waals surface area contributed by atoms with Crippen LogP contribution in [0, 0.1) is 5.92 Å². The van der Waals surface area contributed by atoms with Crippen molar-refractivity contribution in [1.29, 1.82) is 0 Å². The van der Waals surface area contributed by atoms with E-state index in [1.165, 1.54) is 37.0 Å². The van der Waals surface area contributed by atoms with Gasteiger partial charge in [-0.25, -0.2) is 15.0 Å². The number of hydrogen-bond acceptors (Lipinski definition) is 7. The average Bonchev–Trinajstić information content (AvgIpc) is 3.61. The molecule has 0 unspecified atom stereocenters. The Kier molecular flexibility index (Phi) is 6.37. The lowest BCUT2D eigenvalue weighted by Crippen LogP contribution is -2.36. The number of halogens is 3. The molecule has 2 aliphatic rings. The van der Waals surface area contributed by atoms with E-state index in [0.717, 1.165) is 39.7 Å². The van der Waals surface area contributed by atoms with Crippen LogP contribution in [0.5, 0.6) is 0 Å². The van der Waals surface area contributed by atoms with Crippen LogP contribution in [-0.2, 0) is 32.1 Å². The van der Waals surface area contributed by atoms with Crippen molar-refractivity contribution >= 4 is 27.4 Å². The van der Waals surface area contributed by atoms with Gasteiger partial charge >= 0.3 is 6.18 Å². The van der Waals surface area contributed by atoms with Crippen molar-refractivity contribution in [2.75, 3.05) is 11.4 Å². The number of rotatable bonds is 6. The van der Waals surface area contributed by atoms with Gasteiger partial charge in [-0.2, -0.15) is 13.2 Å². The van der Waals surface area contributed by atoms with Crippen LogP contribution in [0.4, 0.5) is 19.0 Å². The maximum atomic E-state index is 13.3. The van der Waals surface area contributed by atoms with Crippen LogP contribution in [0.1, 0.15) is 67.7 Å². The Morgan fingerprint density at radius 1 is 1.11 bits per heavy atom. The molecule has 4 aromatic heterocycles. The van der Waals surface area contributed by atoms with Crippen LogP contribution >= 0.6 is 11.3 Å². The maximum absolute atomic E-state index is 13.3. The number of alkyl halides is 3. The molecule has 0 amide bonds. The largest absolute Gasteiger partial charge is 0.451 e. The summed E-state index contributed by atoms with van der Waals surface area (Å²) in [7, 11) is 0. The molecule has 196 valence electrons. The molecule has 1 aliphatic heterocycles. The van der Waals surface area contributed by atoms with Crippen molar-refractivity contribution < 1.29 is 13.2 Å². The predicted octanol–water partition coefficient (Wildman–Crippen LogP) is 5.79. The molecule has 1 fully saturated rings. The summed E-state index contributed by atoms with van der Waals surface area (Å²) >= 11 is 1.64. The first-order chi connectivity index (χ1) is 17.9. The van der Waals surface area contributed by atoms with Gasteiger partial charge < -0.3 is 14.5 Å². The smallest absolute Gasteiger partial charge is 0.347 e. The second-order valence-electron chi connectivity index (χ2n) is 10.0. The van der Waals surface area contributed by atoms with Gasteiger partial charge in [0.1, 0.15) is 10.6 Å². The van der Waals surface area contributed by atoms with Gasteiger partial charge in [0.2, 0.25) is 5.82 Å². The normalized spacial score (nSPS) is 17.0. The Morgan fingerprint density at radius 3 is 2.73 bits per heavy atom. The Labute approximate surface area is 216 Å². The summed E-state index contributed by atoms with van der Waals surface area (Å²) in [6.45, 7) is 2.83. The van der Waals surface area contributed by atoms with Gasteiger partial charge in [0.25, 0.3) is 0 Å². The summed E-state index contributed by atoms with van der Waals surface area (Å²) in [4.78, 5) is 21.8. The van der Waals surface area contributed by atoms with E-state index in [4.69, 9.17) is 9.97 Å². The number of fused-ring (bicyclic) bond motifs is 2. The number of anilines is 1. The number of hydrogen-bond donors (Lipinski definition) is 1. The number of thiophene rings is 1. The topological polar surface area (TPSA) is 88.4 Å². The lowest BCUT2D eigenvalue weighted by Gasteiger charge is -2.29. The van der Waals surface area contributed by atoms with Crippen molar-refractivity contribution in [2.24, 2.45) is 5.92 Å². The van der Waals surface area contributed by atoms with Crippen LogP contribution in [-0.4, -0.2) is 41.2 Å². The Bertz CT molecular complexity index is 1400. The minimum Gasteiger partial charge on any atom is -0.347 e. The third-order valence-corrected chi connectivity index (χ3v) is 8.39. The predicted molar refractivity (Wildman–Crippen MR) is 135 cm³/mol. The molecule has 1 saturated carbocycles.